The molecule has 0 saturated carbocycles. The van der Waals surface area contributed by atoms with Crippen molar-refractivity contribution in [1.29, 1.82) is 0 Å². The molecule has 0 aliphatic rings. The number of para-hydroxylation sites is 1. The zero-order valence-corrected chi connectivity index (χ0v) is 13.2. The molecule has 2 aromatic rings. The van der Waals surface area contributed by atoms with Gasteiger partial charge in [0.25, 0.3) is 0 Å². The summed E-state index contributed by atoms with van der Waals surface area (Å²) in [5.74, 6) is 0.880. The van der Waals surface area contributed by atoms with Gasteiger partial charge >= 0.3 is 0 Å². The Labute approximate surface area is 127 Å². The molecular formula is C19H25NO. The van der Waals surface area contributed by atoms with Crippen molar-refractivity contribution in [3.8, 4) is 5.75 Å². The molecule has 0 aliphatic carbocycles. The first-order chi connectivity index (χ1) is 10.2. The van der Waals surface area contributed by atoms with Gasteiger partial charge in [-0.1, -0.05) is 50.2 Å². The van der Waals surface area contributed by atoms with Crippen LogP contribution in [0.2, 0.25) is 0 Å². The van der Waals surface area contributed by atoms with Gasteiger partial charge in [-0.3, -0.25) is 0 Å². The van der Waals surface area contributed by atoms with Crippen molar-refractivity contribution in [2.75, 3.05) is 6.61 Å². The highest BCUT2D eigenvalue weighted by Gasteiger charge is 2.14. The van der Waals surface area contributed by atoms with Crippen LogP contribution in [0.3, 0.4) is 0 Å². The molecule has 0 heterocycles. The smallest absolute Gasteiger partial charge is 0.124 e. The van der Waals surface area contributed by atoms with E-state index >= 15 is 0 Å². The fourth-order valence-electron chi connectivity index (χ4n) is 2.72. The zero-order chi connectivity index (χ0) is 15.2. The maximum atomic E-state index is 6.48. The van der Waals surface area contributed by atoms with E-state index in [1.165, 1.54) is 11.1 Å². The Hall–Kier alpha value is -1.80. The maximum Gasteiger partial charge on any atom is 0.124 e. The van der Waals surface area contributed by atoms with Crippen LogP contribution < -0.4 is 10.5 Å². The third-order valence-corrected chi connectivity index (χ3v) is 3.91. The average Bonchev–Trinajstić information content (AvgIpc) is 2.54. The summed E-state index contributed by atoms with van der Waals surface area (Å²) in [7, 11) is 0. The third-order valence-electron chi connectivity index (χ3n) is 3.91. The molecule has 0 bridgehead atoms. The number of aryl methyl sites for hydroxylation is 2. The number of nitrogens with two attached hydrogens (primary N) is 1. The Morgan fingerprint density at radius 3 is 2.33 bits per heavy atom. The monoisotopic (exact) mass is 283 g/mol. The minimum absolute atomic E-state index is 0.149. The van der Waals surface area contributed by atoms with E-state index in [0.717, 1.165) is 29.7 Å². The van der Waals surface area contributed by atoms with Crippen molar-refractivity contribution >= 4 is 0 Å². The Morgan fingerprint density at radius 1 is 0.952 bits per heavy atom. The van der Waals surface area contributed by atoms with Gasteiger partial charge < -0.3 is 10.5 Å². The molecule has 0 amide bonds. The molecule has 21 heavy (non-hydrogen) atoms. The number of rotatable bonds is 6. The van der Waals surface area contributed by atoms with Crippen molar-refractivity contribution in [1.82, 2.24) is 0 Å². The first kappa shape index (κ1) is 15.6. The highest BCUT2D eigenvalue weighted by atomic mass is 16.5. The van der Waals surface area contributed by atoms with E-state index in [1.54, 1.807) is 0 Å². The van der Waals surface area contributed by atoms with Crippen molar-refractivity contribution in [2.45, 2.75) is 39.7 Å². The lowest BCUT2D eigenvalue weighted by molar-refractivity contribution is 0.335. The van der Waals surface area contributed by atoms with Gasteiger partial charge in [0.15, 0.2) is 0 Å². The first-order valence-corrected chi connectivity index (χ1v) is 7.80. The lowest BCUT2D eigenvalue weighted by atomic mass is 9.93. The molecule has 0 aromatic heterocycles. The summed E-state index contributed by atoms with van der Waals surface area (Å²) in [4.78, 5) is 0. The molecule has 0 spiro atoms. The number of hydrogen-bond acceptors (Lipinski definition) is 2. The van der Waals surface area contributed by atoms with Crippen LogP contribution in [-0.4, -0.2) is 6.61 Å². The predicted octanol–water partition coefficient (Wildman–Crippen LogP) is 4.26. The minimum Gasteiger partial charge on any atom is -0.494 e. The second kappa shape index (κ2) is 7.28. The van der Waals surface area contributed by atoms with Crippen molar-refractivity contribution in [3.05, 3.63) is 64.7 Å². The van der Waals surface area contributed by atoms with E-state index in [4.69, 9.17) is 10.5 Å². The normalized spacial score (nSPS) is 12.2. The highest BCUT2D eigenvalue weighted by molar-refractivity contribution is 5.43. The van der Waals surface area contributed by atoms with Gasteiger partial charge in [0.1, 0.15) is 5.75 Å². The van der Waals surface area contributed by atoms with Crippen molar-refractivity contribution in [3.63, 3.8) is 0 Å². The standard InChI is InChI=1S/C19H25NO/c1-4-14-11-12-16(13-15(14)5-2)19(20)17-9-7-8-10-18(17)21-6-3/h7-13,19H,4-6,20H2,1-3H3. The van der Waals surface area contributed by atoms with Crippen molar-refractivity contribution < 1.29 is 4.74 Å². The molecule has 0 saturated heterocycles. The van der Waals surface area contributed by atoms with Crippen LogP contribution in [0.4, 0.5) is 0 Å². The Balaban J connectivity index is 2.38. The molecular weight excluding hydrogens is 258 g/mol. The Bertz CT molecular complexity index is 592. The van der Waals surface area contributed by atoms with Gasteiger partial charge in [0.05, 0.1) is 12.6 Å². The van der Waals surface area contributed by atoms with Crippen LogP contribution in [0, 0.1) is 0 Å². The summed E-state index contributed by atoms with van der Waals surface area (Å²) in [6.45, 7) is 7.03. The first-order valence-electron chi connectivity index (χ1n) is 7.80. The highest BCUT2D eigenvalue weighted by Crippen LogP contribution is 2.29. The number of ether oxygens (including phenoxy) is 1. The largest absolute Gasteiger partial charge is 0.494 e. The van der Waals surface area contributed by atoms with Crippen molar-refractivity contribution in [2.24, 2.45) is 5.73 Å². The second-order valence-corrected chi connectivity index (χ2v) is 5.18. The quantitative estimate of drug-likeness (QED) is 0.859. The van der Waals surface area contributed by atoms with Crippen LogP contribution in [0.5, 0.6) is 5.75 Å². The fraction of sp³-hybridized carbons (Fsp3) is 0.368. The summed E-state index contributed by atoms with van der Waals surface area (Å²) in [5, 5.41) is 0. The predicted molar refractivity (Wildman–Crippen MR) is 88.8 cm³/mol. The summed E-state index contributed by atoms with van der Waals surface area (Å²) in [5.41, 5.74) is 11.5. The lowest BCUT2D eigenvalue weighted by Crippen LogP contribution is -2.14. The van der Waals surface area contributed by atoms with Crippen LogP contribution in [0.15, 0.2) is 42.5 Å². The molecule has 0 radical (unpaired) electrons. The van der Waals surface area contributed by atoms with Gasteiger partial charge in [-0.15, -0.1) is 0 Å². The molecule has 2 rings (SSSR count). The molecule has 1 atom stereocenters. The molecule has 2 heteroatoms. The zero-order valence-electron chi connectivity index (χ0n) is 13.2. The Morgan fingerprint density at radius 2 is 1.67 bits per heavy atom. The van der Waals surface area contributed by atoms with Crippen LogP contribution in [0.25, 0.3) is 0 Å². The molecule has 112 valence electrons. The summed E-state index contributed by atoms with van der Waals surface area (Å²) in [6, 6.07) is 14.5. The maximum absolute atomic E-state index is 6.48. The fourth-order valence-corrected chi connectivity index (χ4v) is 2.72. The van der Waals surface area contributed by atoms with Crippen LogP contribution >= 0.6 is 0 Å². The summed E-state index contributed by atoms with van der Waals surface area (Å²) >= 11 is 0. The van der Waals surface area contributed by atoms with Crippen LogP contribution in [-0.2, 0) is 12.8 Å². The molecule has 2 aromatic carbocycles. The van der Waals surface area contributed by atoms with Gasteiger partial charge in [-0.05, 0) is 42.5 Å². The lowest BCUT2D eigenvalue weighted by Gasteiger charge is -2.18. The minimum atomic E-state index is -0.149. The second-order valence-electron chi connectivity index (χ2n) is 5.18. The topological polar surface area (TPSA) is 35.2 Å². The van der Waals surface area contributed by atoms with E-state index in [2.05, 4.69) is 38.1 Å². The van der Waals surface area contributed by atoms with E-state index in [1.807, 2.05) is 25.1 Å². The van der Waals surface area contributed by atoms with Gasteiger partial charge in [-0.2, -0.15) is 0 Å². The summed E-state index contributed by atoms with van der Waals surface area (Å²) in [6.07, 6.45) is 2.10. The van der Waals surface area contributed by atoms with E-state index in [-0.39, 0.29) is 6.04 Å². The van der Waals surface area contributed by atoms with E-state index < -0.39 is 0 Å². The molecule has 0 aliphatic heterocycles. The number of benzene rings is 2. The average molecular weight is 283 g/mol. The van der Waals surface area contributed by atoms with Gasteiger partial charge in [-0.25, -0.2) is 0 Å². The Kier molecular flexibility index (Phi) is 5.40. The van der Waals surface area contributed by atoms with Gasteiger partial charge in [0, 0.05) is 5.56 Å². The molecule has 0 fully saturated rings. The summed E-state index contributed by atoms with van der Waals surface area (Å²) < 4.78 is 5.70. The molecule has 2 nitrogen and oxygen atoms in total. The van der Waals surface area contributed by atoms with E-state index in [0.29, 0.717) is 6.61 Å². The SMILES string of the molecule is CCOc1ccccc1C(N)c1ccc(CC)c(CC)c1. The van der Waals surface area contributed by atoms with Crippen LogP contribution in [0.1, 0.15) is 49.1 Å². The third kappa shape index (κ3) is 3.45. The van der Waals surface area contributed by atoms with Gasteiger partial charge in [0.2, 0.25) is 0 Å². The molecule has 1 unspecified atom stereocenters. The molecule has 2 N–H and O–H groups in total. The number of hydrogen-bond donors (Lipinski definition) is 1. The van der Waals surface area contributed by atoms with E-state index in [9.17, 15) is 0 Å².